The van der Waals surface area contributed by atoms with Crippen LogP contribution in [0.3, 0.4) is 0 Å². The molecule has 2 aliphatic carbocycles. The van der Waals surface area contributed by atoms with Crippen LogP contribution < -0.4 is 16.0 Å². The molecule has 0 bridgehead atoms. The van der Waals surface area contributed by atoms with Crippen molar-refractivity contribution in [2.45, 2.75) is 63.5 Å². The molecule has 8 rings (SSSR count). The number of fused-ring (bicyclic) bond motifs is 2. The van der Waals surface area contributed by atoms with Gasteiger partial charge in [-0.05, 0) is 84.8 Å². The molecule has 15 nitrogen and oxygen atoms in total. The number of hydrogen-bond acceptors (Lipinski definition) is 10. The first-order chi connectivity index (χ1) is 28.3. The number of ether oxygens (including phenoxy) is 3. The number of hydrogen-bond donors (Lipinski definition) is 5. The zero-order valence-electron chi connectivity index (χ0n) is 33.5. The number of likely N-dealkylation sites (N-methyl/N-ethyl adjacent to an activating group) is 1. The highest BCUT2D eigenvalue weighted by molar-refractivity contribution is 5.92. The molecule has 3 heterocycles. The topological polar surface area (TPSA) is 193 Å². The summed E-state index contributed by atoms with van der Waals surface area (Å²) in [5, 5.41) is 10.8. The Morgan fingerprint density at radius 2 is 1.67 bits per heavy atom. The third-order valence-corrected chi connectivity index (χ3v) is 10.1. The number of H-pyrrole nitrogens is 2. The third kappa shape index (κ3) is 11.4. The fraction of sp³-hybridized carbons (Fsp3) is 0.442. The molecule has 3 amide bonds. The molecule has 2 aromatic heterocycles. The molecule has 5 N–H and O–H groups in total. The van der Waals surface area contributed by atoms with Gasteiger partial charge < -0.3 is 45.0 Å². The summed E-state index contributed by atoms with van der Waals surface area (Å²) in [6, 6.07) is 18.0. The van der Waals surface area contributed by atoms with Crippen LogP contribution in [0.4, 0.5) is 4.79 Å². The van der Waals surface area contributed by atoms with Gasteiger partial charge in [0.1, 0.15) is 23.7 Å². The summed E-state index contributed by atoms with van der Waals surface area (Å²) in [7, 11) is 4.38. The second kappa shape index (κ2) is 20.6. The van der Waals surface area contributed by atoms with E-state index in [1.165, 1.54) is 33.5 Å². The molecule has 3 aromatic carbocycles. The lowest BCUT2D eigenvalue weighted by molar-refractivity contribution is -0.143. The van der Waals surface area contributed by atoms with E-state index in [0.29, 0.717) is 45.1 Å². The number of morpholine rings is 1. The summed E-state index contributed by atoms with van der Waals surface area (Å²) in [4.78, 5) is 64.4. The fourth-order valence-corrected chi connectivity index (χ4v) is 6.73. The molecule has 308 valence electrons. The maximum Gasteiger partial charge on any atom is 0.407 e. The Balaban J connectivity index is 0.000000743. The van der Waals surface area contributed by atoms with Gasteiger partial charge >= 0.3 is 6.09 Å². The van der Waals surface area contributed by atoms with Crippen LogP contribution in [0.1, 0.15) is 62.6 Å². The number of imidazole rings is 2. The molecule has 15 heteroatoms. The van der Waals surface area contributed by atoms with Crippen molar-refractivity contribution in [3.8, 4) is 22.4 Å². The van der Waals surface area contributed by atoms with Crippen LogP contribution in [0, 0.1) is 5.92 Å². The van der Waals surface area contributed by atoms with Crippen LogP contribution in [0.2, 0.25) is 0 Å². The average Bonchev–Trinajstić information content (AvgIpc) is 4.21. The van der Waals surface area contributed by atoms with Gasteiger partial charge in [0.2, 0.25) is 11.8 Å². The lowest BCUT2D eigenvalue weighted by Gasteiger charge is -2.36. The zero-order valence-corrected chi connectivity index (χ0v) is 33.5. The van der Waals surface area contributed by atoms with Gasteiger partial charge in [0, 0.05) is 25.1 Å². The van der Waals surface area contributed by atoms with Crippen LogP contribution >= 0.6 is 0 Å². The summed E-state index contributed by atoms with van der Waals surface area (Å²) in [6.07, 6.45) is 10.2. The Labute approximate surface area is 338 Å². The van der Waals surface area contributed by atoms with Crippen molar-refractivity contribution < 1.29 is 33.4 Å². The quantitative estimate of drug-likeness (QED) is 0.0716. The minimum Gasteiger partial charge on any atom is -0.471 e. The Bertz CT molecular complexity index is 2160. The van der Waals surface area contributed by atoms with Crippen LogP contribution in [-0.4, -0.2) is 109 Å². The van der Waals surface area contributed by atoms with Crippen molar-refractivity contribution in [3.63, 3.8) is 0 Å². The summed E-state index contributed by atoms with van der Waals surface area (Å²) in [5.41, 5.74) is 5.86. The lowest BCUT2D eigenvalue weighted by Crippen LogP contribution is -2.54. The molecule has 0 spiro atoms. The Kier molecular flexibility index (Phi) is 14.8. The number of aryl methyl sites for hydroxylation is 1. The summed E-state index contributed by atoms with van der Waals surface area (Å²) < 4.78 is 14.4. The van der Waals surface area contributed by atoms with E-state index in [9.17, 15) is 14.4 Å². The number of nitrogens with zero attached hydrogens (tertiary/aromatic N) is 3. The maximum atomic E-state index is 13.7. The molecule has 1 aliphatic heterocycles. The molecule has 3 fully saturated rings. The first kappa shape index (κ1) is 41.8. The van der Waals surface area contributed by atoms with Crippen molar-refractivity contribution in [1.29, 1.82) is 0 Å². The summed E-state index contributed by atoms with van der Waals surface area (Å²) >= 11 is 0. The van der Waals surface area contributed by atoms with E-state index in [4.69, 9.17) is 19.3 Å². The molecule has 2 atom stereocenters. The molecule has 2 saturated carbocycles. The van der Waals surface area contributed by atoms with Gasteiger partial charge in [0.15, 0.2) is 0 Å². The number of rotatable bonds is 14. The third-order valence-electron chi connectivity index (χ3n) is 10.1. The van der Waals surface area contributed by atoms with E-state index in [1.807, 2.05) is 12.3 Å². The van der Waals surface area contributed by atoms with Gasteiger partial charge in [0.05, 0.1) is 56.9 Å². The van der Waals surface area contributed by atoms with Gasteiger partial charge in [-0.25, -0.2) is 14.8 Å². The smallest absolute Gasteiger partial charge is 0.407 e. The number of alkyl carbamates (subject to hydrolysis) is 1. The predicted octanol–water partition coefficient (Wildman–Crippen LogP) is 5.43. The van der Waals surface area contributed by atoms with Crippen LogP contribution in [0.25, 0.3) is 44.2 Å². The van der Waals surface area contributed by atoms with Crippen LogP contribution in [-0.2, 0) is 35.0 Å². The number of benzene rings is 3. The van der Waals surface area contributed by atoms with Crippen molar-refractivity contribution in [3.05, 3.63) is 72.4 Å². The number of methoxy groups -OCH3 is 2. The van der Waals surface area contributed by atoms with Gasteiger partial charge in [-0.2, -0.15) is 0 Å². The second-order valence-electron chi connectivity index (χ2n) is 14.7. The highest BCUT2D eigenvalue weighted by Crippen LogP contribution is 2.36. The van der Waals surface area contributed by atoms with Crippen LogP contribution in [0.15, 0.2) is 60.8 Å². The molecule has 3 aliphatic rings. The normalized spacial score (nSPS) is 16.3. The average molecular weight is 795 g/mol. The Hall–Kier alpha value is -5.80. The molecule has 1 saturated heterocycles. The van der Waals surface area contributed by atoms with Crippen LogP contribution in [0.5, 0.6) is 0 Å². The van der Waals surface area contributed by atoms with E-state index >= 15 is 0 Å². The summed E-state index contributed by atoms with van der Waals surface area (Å²) in [6.45, 7) is 2.53. The van der Waals surface area contributed by atoms with E-state index < -0.39 is 18.2 Å². The largest absolute Gasteiger partial charge is 0.471 e. The maximum absolute atomic E-state index is 13.7. The number of aromatic amines is 2. The van der Waals surface area contributed by atoms with Gasteiger partial charge in [0.25, 0.3) is 6.47 Å². The van der Waals surface area contributed by atoms with Gasteiger partial charge in [-0.1, -0.05) is 49.6 Å². The van der Waals surface area contributed by atoms with E-state index in [0.717, 1.165) is 82.1 Å². The van der Waals surface area contributed by atoms with Gasteiger partial charge in [-0.3, -0.25) is 14.4 Å². The SMILES string of the molecule is C1CC1.CNCC(=O)NCCCCc1ncc(-c2ccc3cc(-c4ccc5nc(C6COCCN6C(=O)C(NC(=O)OC)C6CC6)[nH]c5c4)ccc3c2)[nH]1.COC=O. The number of carbonyl (C=O) groups is 4. The molecular formula is C43H54N8O7. The number of carbonyl (C=O) groups excluding carboxylic acids is 4. The minimum absolute atomic E-state index is 0.0116. The van der Waals surface area contributed by atoms with Gasteiger partial charge in [-0.15, -0.1) is 0 Å². The molecule has 58 heavy (non-hydrogen) atoms. The first-order valence-electron chi connectivity index (χ1n) is 20.0. The highest BCUT2D eigenvalue weighted by Gasteiger charge is 2.42. The molecular weight excluding hydrogens is 741 g/mol. The number of amides is 3. The second-order valence-corrected chi connectivity index (χ2v) is 14.7. The highest BCUT2D eigenvalue weighted by atomic mass is 16.5. The number of nitrogens with one attached hydrogen (secondary N) is 5. The van der Waals surface area contributed by atoms with E-state index in [-0.39, 0.29) is 17.7 Å². The standard InChI is InChI=1S/C38H44N8O5.C3H6.C2H4O2/c1-39-21-34(47)40-14-4-3-5-33-41-20-31(42-33)28-11-10-24-17-25(8-9-26(24)18-28)27-12-13-29-30(19-27)44-36(43-29)32-22-51-16-15-46(32)37(48)35(23-6-7-23)45-38(49)50-2;1-2-3-1;1-4-2-3/h8-13,17-20,23,32,35,39H,3-7,14-16,21-22H2,1-2H3,(H,40,47)(H,41,42)(H,43,44)(H,45,49);1-3H2;2H,1H3. The molecule has 0 radical (unpaired) electrons. The van der Waals surface area contributed by atoms with Crippen molar-refractivity contribution in [2.75, 3.05) is 54.1 Å². The summed E-state index contributed by atoms with van der Waals surface area (Å²) in [5.74, 6) is 1.58. The van der Waals surface area contributed by atoms with Crippen molar-refractivity contribution in [2.24, 2.45) is 5.92 Å². The zero-order chi connectivity index (χ0) is 40.9. The molecule has 5 aromatic rings. The molecule has 2 unspecified atom stereocenters. The Morgan fingerprint density at radius 1 is 0.966 bits per heavy atom. The van der Waals surface area contributed by atoms with E-state index in [2.05, 4.69) is 84.2 Å². The van der Waals surface area contributed by atoms with Crippen molar-refractivity contribution >= 4 is 46.2 Å². The number of aromatic nitrogens is 4. The van der Waals surface area contributed by atoms with E-state index in [1.54, 1.807) is 11.9 Å². The lowest BCUT2D eigenvalue weighted by atomic mass is 9.99. The minimum atomic E-state index is -0.624. The number of unbranched alkanes of at least 4 members (excludes halogenated alkanes) is 1. The van der Waals surface area contributed by atoms with Crippen molar-refractivity contribution in [1.82, 2.24) is 40.8 Å². The first-order valence-corrected chi connectivity index (χ1v) is 20.0. The monoisotopic (exact) mass is 794 g/mol. The Morgan fingerprint density at radius 3 is 2.36 bits per heavy atom. The fourth-order valence-electron chi connectivity index (χ4n) is 6.73. The predicted molar refractivity (Wildman–Crippen MR) is 221 cm³/mol.